The van der Waals surface area contributed by atoms with Crippen LogP contribution >= 0.6 is 0 Å². The van der Waals surface area contributed by atoms with E-state index in [4.69, 9.17) is 0 Å². The van der Waals surface area contributed by atoms with Crippen molar-refractivity contribution in [3.05, 3.63) is 22.6 Å². The average molecular weight is 236 g/mol. The van der Waals surface area contributed by atoms with Gasteiger partial charge in [-0.15, -0.1) is 0 Å². The van der Waals surface area contributed by atoms with E-state index in [9.17, 15) is 4.79 Å². The minimum atomic E-state index is -0.00488. The molecular weight excluding hydrogens is 216 g/mol. The summed E-state index contributed by atoms with van der Waals surface area (Å²) >= 11 is 0. The van der Waals surface area contributed by atoms with Crippen LogP contribution in [0.1, 0.15) is 12.8 Å². The molecule has 1 N–H and O–H groups in total. The van der Waals surface area contributed by atoms with Crippen molar-refractivity contribution in [2.75, 3.05) is 32.1 Å². The zero-order chi connectivity index (χ0) is 12.3. The Bertz CT molecular complexity index is 421. The van der Waals surface area contributed by atoms with E-state index < -0.39 is 0 Å². The number of aromatic nitrogens is 2. The van der Waals surface area contributed by atoms with Gasteiger partial charge in [0.2, 0.25) is 0 Å². The van der Waals surface area contributed by atoms with Crippen LogP contribution in [0.3, 0.4) is 0 Å². The quantitative estimate of drug-likeness (QED) is 0.820. The summed E-state index contributed by atoms with van der Waals surface area (Å²) in [6.07, 6.45) is 4.01. The Balaban J connectivity index is 2.08. The third-order valence-corrected chi connectivity index (χ3v) is 3.26. The van der Waals surface area contributed by atoms with E-state index in [0.717, 1.165) is 38.2 Å². The van der Waals surface area contributed by atoms with Crippen molar-refractivity contribution in [2.24, 2.45) is 5.92 Å². The first kappa shape index (κ1) is 12.1. The van der Waals surface area contributed by atoms with Crippen LogP contribution in [0, 0.1) is 5.92 Å². The van der Waals surface area contributed by atoms with Gasteiger partial charge in [0.1, 0.15) is 0 Å². The van der Waals surface area contributed by atoms with Crippen LogP contribution in [0.15, 0.2) is 17.1 Å². The van der Waals surface area contributed by atoms with Crippen LogP contribution in [0.25, 0.3) is 0 Å². The van der Waals surface area contributed by atoms with Crippen LogP contribution in [0.5, 0.6) is 0 Å². The van der Waals surface area contributed by atoms with Gasteiger partial charge in [0.25, 0.3) is 5.56 Å². The van der Waals surface area contributed by atoms with E-state index in [2.05, 4.69) is 10.4 Å². The molecule has 2 heterocycles. The minimum Gasteiger partial charge on any atom is -0.376 e. The molecule has 17 heavy (non-hydrogen) atoms. The van der Waals surface area contributed by atoms with Gasteiger partial charge in [-0.3, -0.25) is 4.79 Å². The Morgan fingerprint density at radius 1 is 1.47 bits per heavy atom. The molecule has 2 rings (SSSR count). The number of piperidine rings is 1. The highest BCUT2D eigenvalue weighted by atomic mass is 16.1. The fourth-order valence-corrected chi connectivity index (χ4v) is 2.11. The molecule has 0 saturated carbocycles. The Morgan fingerprint density at radius 3 is 2.76 bits per heavy atom. The van der Waals surface area contributed by atoms with E-state index in [1.807, 2.05) is 19.0 Å². The molecule has 1 aliphatic rings. The highest BCUT2D eigenvalue weighted by molar-refractivity contribution is 5.40. The standard InChI is InChI=1S/C12H20N4O/c1-15(2)11-7-12(17)16(14-8-11)9-10-3-5-13-6-4-10/h7-8,10,13H,3-6,9H2,1-2H3. The van der Waals surface area contributed by atoms with Crippen molar-refractivity contribution in [3.63, 3.8) is 0 Å². The molecule has 5 heteroatoms. The molecule has 1 fully saturated rings. The maximum atomic E-state index is 11.9. The molecule has 0 bridgehead atoms. The van der Waals surface area contributed by atoms with Gasteiger partial charge in [0, 0.05) is 26.7 Å². The van der Waals surface area contributed by atoms with Crippen molar-refractivity contribution >= 4 is 5.69 Å². The molecule has 0 aromatic carbocycles. The first-order valence-corrected chi connectivity index (χ1v) is 6.12. The molecule has 1 saturated heterocycles. The van der Waals surface area contributed by atoms with E-state index in [-0.39, 0.29) is 5.56 Å². The second-order valence-electron chi connectivity index (χ2n) is 4.82. The predicted molar refractivity (Wildman–Crippen MR) is 68.4 cm³/mol. The van der Waals surface area contributed by atoms with Crippen molar-refractivity contribution in [1.82, 2.24) is 15.1 Å². The lowest BCUT2D eigenvalue weighted by Crippen LogP contribution is -2.33. The topological polar surface area (TPSA) is 50.2 Å². The summed E-state index contributed by atoms with van der Waals surface area (Å²) in [7, 11) is 3.82. The molecule has 0 amide bonds. The number of rotatable bonds is 3. The summed E-state index contributed by atoms with van der Waals surface area (Å²) in [6.45, 7) is 2.85. The molecule has 0 radical (unpaired) electrons. The monoisotopic (exact) mass is 236 g/mol. The van der Waals surface area contributed by atoms with Crippen molar-refractivity contribution in [3.8, 4) is 0 Å². The predicted octanol–water partition coefficient (Wildman–Crippen LogP) is 0.309. The van der Waals surface area contributed by atoms with Crippen molar-refractivity contribution in [2.45, 2.75) is 19.4 Å². The summed E-state index contributed by atoms with van der Waals surface area (Å²) in [6, 6.07) is 1.65. The molecule has 0 unspecified atom stereocenters. The highest BCUT2D eigenvalue weighted by Gasteiger charge is 2.14. The molecule has 5 nitrogen and oxygen atoms in total. The number of hydrogen-bond acceptors (Lipinski definition) is 4. The van der Waals surface area contributed by atoms with Crippen molar-refractivity contribution < 1.29 is 0 Å². The summed E-state index contributed by atoms with van der Waals surface area (Å²) in [5.74, 6) is 0.576. The van der Waals surface area contributed by atoms with Gasteiger partial charge in [-0.25, -0.2) is 4.68 Å². The van der Waals surface area contributed by atoms with E-state index in [1.54, 1.807) is 16.9 Å². The maximum absolute atomic E-state index is 11.9. The van der Waals surface area contributed by atoms with Gasteiger partial charge < -0.3 is 10.2 Å². The second kappa shape index (κ2) is 5.31. The lowest BCUT2D eigenvalue weighted by atomic mass is 9.98. The van der Waals surface area contributed by atoms with Gasteiger partial charge in [-0.1, -0.05) is 0 Å². The lowest BCUT2D eigenvalue weighted by molar-refractivity contribution is 0.315. The molecule has 1 aromatic rings. The second-order valence-corrected chi connectivity index (χ2v) is 4.82. The molecule has 0 atom stereocenters. The van der Waals surface area contributed by atoms with Gasteiger partial charge in [-0.2, -0.15) is 5.10 Å². The average Bonchev–Trinajstić information content (AvgIpc) is 2.33. The van der Waals surface area contributed by atoms with E-state index in [1.165, 1.54) is 0 Å². The normalized spacial score (nSPS) is 17.1. The summed E-state index contributed by atoms with van der Waals surface area (Å²) in [5.41, 5.74) is 0.853. The number of anilines is 1. The molecular formula is C12H20N4O. The van der Waals surface area contributed by atoms with Crippen molar-refractivity contribution in [1.29, 1.82) is 0 Å². The number of hydrogen-bond donors (Lipinski definition) is 1. The molecule has 94 valence electrons. The third kappa shape index (κ3) is 3.06. The first-order valence-electron chi connectivity index (χ1n) is 6.12. The fraction of sp³-hybridized carbons (Fsp3) is 0.667. The Kier molecular flexibility index (Phi) is 3.78. The van der Waals surface area contributed by atoms with Crippen LogP contribution in [0.4, 0.5) is 5.69 Å². The van der Waals surface area contributed by atoms with Gasteiger partial charge >= 0.3 is 0 Å². The van der Waals surface area contributed by atoms with Crippen LogP contribution in [-0.2, 0) is 6.54 Å². The highest BCUT2D eigenvalue weighted by Crippen LogP contribution is 2.13. The Morgan fingerprint density at radius 2 is 2.18 bits per heavy atom. The van der Waals surface area contributed by atoms with Gasteiger partial charge in [0.05, 0.1) is 11.9 Å². The molecule has 1 aliphatic heterocycles. The van der Waals surface area contributed by atoms with Crippen LogP contribution in [0.2, 0.25) is 0 Å². The van der Waals surface area contributed by atoms with Crippen LogP contribution in [-0.4, -0.2) is 37.0 Å². The minimum absolute atomic E-state index is 0.00488. The van der Waals surface area contributed by atoms with Gasteiger partial charge in [-0.05, 0) is 31.8 Å². The fourth-order valence-electron chi connectivity index (χ4n) is 2.11. The lowest BCUT2D eigenvalue weighted by Gasteiger charge is -2.22. The largest absolute Gasteiger partial charge is 0.376 e. The molecule has 0 spiro atoms. The summed E-state index contributed by atoms with van der Waals surface area (Å²) in [5, 5.41) is 7.56. The third-order valence-electron chi connectivity index (χ3n) is 3.26. The zero-order valence-corrected chi connectivity index (χ0v) is 10.5. The van der Waals surface area contributed by atoms with E-state index >= 15 is 0 Å². The Labute approximate surface area is 101 Å². The SMILES string of the molecule is CN(C)c1cnn(CC2CCNCC2)c(=O)c1. The maximum Gasteiger partial charge on any atom is 0.268 e. The molecule has 1 aromatic heterocycles. The smallest absolute Gasteiger partial charge is 0.268 e. The zero-order valence-electron chi connectivity index (χ0n) is 10.5. The Hall–Kier alpha value is -1.36. The summed E-state index contributed by atoms with van der Waals surface area (Å²) in [4.78, 5) is 13.8. The molecule has 0 aliphatic carbocycles. The first-order chi connectivity index (χ1) is 8.16. The summed E-state index contributed by atoms with van der Waals surface area (Å²) < 4.78 is 1.59. The number of nitrogens with zero attached hydrogens (tertiary/aromatic N) is 3. The number of nitrogens with one attached hydrogen (secondary N) is 1. The van der Waals surface area contributed by atoms with Crippen LogP contribution < -0.4 is 15.8 Å². The van der Waals surface area contributed by atoms with E-state index in [0.29, 0.717) is 5.92 Å². The van der Waals surface area contributed by atoms with Gasteiger partial charge in [0.15, 0.2) is 0 Å².